The highest BCUT2D eigenvalue weighted by Crippen LogP contribution is 2.14. The second kappa shape index (κ2) is 9.89. The Morgan fingerprint density at radius 1 is 1.08 bits per heavy atom. The van der Waals surface area contributed by atoms with Crippen molar-refractivity contribution >= 4 is 11.3 Å². The van der Waals surface area contributed by atoms with Crippen LogP contribution < -0.4 is 0 Å². The van der Waals surface area contributed by atoms with Gasteiger partial charge in [-0.05, 0) is 46.0 Å². The predicted molar refractivity (Wildman–Crippen MR) is 96.5 cm³/mol. The summed E-state index contributed by atoms with van der Waals surface area (Å²) in [6.45, 7) is 7.10. The van der Waals surface area contributed by atoms with Crippen molar-refractivity contribution < 1.29 is 14.2 Å². The predicted octanol–water partition coefficient (Wildman–Crippen LogP) is 3.92. The molecular weight excluding hydrogens is 325 g/mol. The Morgan fingerprint density at radius 3 is 2.42 bits per heavy atom. The van der Waals surface area contributed by atoms with Gasteiger partial charge in [0.05, 0.1) is 12.7 Å². The molecule has 1 heterocycles. The molecule has 1 aromatic heterocycles. The normalized spacial score (nSPS) is 12.9. The van der Waals surface area contributed by atoms with Gasteiger partial charge in [-0.25, -0.2) is 4.39 Å². The summed E-state index contributed by atoms with van der Waals surface area (Å²) in [7, 11) is 0. The third kappa shape index (κ3) is 7.09. The summed E-state index contributed by atoms with van der Waals surface area (Å²) < 4.78 is 18.6. The van der Waals surface area contributed by atoms with Crippen molar-refractivity contribution in [1.29, 1.82) is 0 Å². The summed E-state index contributed by atoms with van der Waals surface area (Å²) >= 11 is 1.66. The van der Waals surface area contributed by atoms with Gasteiger partial charge in [-0.3, -0.25) is 4.90 Å². The highest BCUT2D eigenvalue weighted by atomic mass is 32.1. The zero-order valence-electron chi connectivity index (χ0n) is 14.3. The molecule has 0 spiro atoms. The fourth-order valence-corrected chi connectivity index (χ4v) is 3.12. The zero-order chi connectivity index (χ0) is 17.4. The molecule has 0 saturated heterocycles. The molecule has 5 heteroatoms. The van der Waals surface area contributed by atoms with Crippen LogP contribution in [0.1, 0.15) is 25.0 Å². The first-order valence-corrected chi connectivity index (χ1v) is 9.21. The number of aliphatic hydroxyl groups is 1. The van der Waals surface area contributed by atoms with Crippen LogP contribution in [-0.2, 0) is 17.8 Å². The van der Waals surface area contributed by atoms with E-state index < -0.39 is 6.10 Å². The molecule has 0 aliphatic rings. The van der Waals surface area contributed by atoms with Crippen molar-refractivity contribution in [2.24, 2.45) is 5.92 Å². The lowest BCUT2D eigenvalue weighted by Crippen LogP contribution is -2.34. The highest BCUT2D eigenvalue weighted by molar-refractivity contribution is 7.07. The summed E-state index contributed by atoms with van der Waals surface area (Å²) in [5.74, 6) is 0.226. The van der Waals surface area contributed by atoms with Crippen LogP contribution in [0.15, 0.2) is 41.1 Å². The molecule has 1 N–H and O–H groups in total. The van der Waals surface area contributed by atoms with Crippen LogP contribution in [0.5, 0.6) is 0 Å². The maximum absolute atomic E-state index is 13.1. The van der Waals surface area contributed by atoms with Gasteiger partial charge < -0.3 is 9.84 Å². The maximum Gasteiger partial charge on any atom is 0.123 e. The zero-order valence-corrected chi connectivity index (χ0v) is 15.1. The fourth-order valence-electron chi connectivity index (χ4n) is 2.46. The summed E-state index contributed by atoms with van der Waals surface area (Å²) in [6.07, 6.45) is -0.539. The van der Waals surface area contributed by atoms with Gasteiger partial charge in [0.2, 0.25) is 0 Å². The molecule has 0 unspecified atom stereocenters. The van der Waals surface area contributed by atoms with Crippen LogP contribution in [0.4, 0.5) is 4.39 Å². The average Bonchev–Trinajstić information content (AvgIpc) is 3.02. The lowest BCUT2D eigenvalue weighted by Gasteiger charge is -2.25. The number of benzene rings is 1. The Kier molecular flexibility index (Phi) is 7.85. The van der Waals surface area contributed by atoms with E-state index in [2.05, 4.69) is 30.2 Å². The third-order valence-electron chi connectivity index (χ3n) is 3.54. The van der Waals surface area contributed by atoms with E-state index in [4.69, 9.17) is 4.74 Å². The smallest absolute Gasteiger partial charge is 0.123 e. The number of aliphatic hydroxyl groups excluding tert-OH is 1. The summed E-state index contributed by atoms with van der Waals surface area (Å²) in [6, 6.07) is 8.61. The Hall–Kier alpha value is -1.27. The van der Waals surface area contributed by atoms with Crippen LogP contribution in [-0.4, -0.2) is 35.9 Å². The van der Waals surface area contributed by atoms with Crippen LogP contribution in [0.25, 0.3) is 0 Å². The van der Waals surface area contributed by atoms with E-state index in [1.165, 1.54) is 17.7 Å². The fraction of sp³-hybridized carbons (Fsp3) is 0.474. The minimum Gasteiger partial charge on any atom is -0.389 e. The van der Waals surface area contributed by atoms with E-state index in [1.807, 2.05) is 5.38 Å². The molecular formula is C19H26FNO2S. The average molecular weight is 351 g/mol. The summed E-state index contributed by atoms with van der Waals surface area (Å²) in [5, 5.41) is 14.4. The van der Waals surface area contributed by atoms with Crippen molar-refractivity contribution in [3.8, 4) is 0 Å². The standard InChI is InChI=1S/C19H26FNO2S/c1-15(2)12-23-13-19(22)11-21(10-17-7-8-24-14-17)9-16-3-5-18(20)6-4-16/h3-8,14-15,19,22H,9-13H2,1-2H3/t19-/m1/s1. The Labute approximate surface area is 147 Å². The minimum atomic E-state index is -0.539. The summed E-state index contributed by atoms with van der Waals surface area (Å²) in [4.78, 5) is 2.17. The molecule has 0 aliphatic carbocycles. The van der Waals surface area contributed by atoms with Crippen LogP contribution in [0, 0.1) is 11.7 Å². The number of ether oxygens (including phenoxy) is 1. The van der Waals surface area contributed by atoms with Gasteiger partial charge in [-0.2, -0.15) is 11.3 Å². The Balaban J connectivity index is 1.93. The first-order valence-electron chi connectivity index (χ1n) is 8.26. The van der Waals surface area contributed by atoms with Gasteiger partial charge in [-0.1, -0.05) is 26.0 Å². The Morgan fingerprint density at radius 2 is 1.79 bits per heavy atom. The van der Waals surface area contributed by atoms with E-state index in [-0.39, 0.29) is 5.82 Å². The molecule has 0 radical (unpaired) electrons. The quantitative estimate of drug-likeness (QED) is 0.704. The molecule has 0 amide bonds. The van der Waals surface area contributed by atoms with Gasteiger partial charge in [0.25, 0.3) is 0 Å². The lowest BCUT2D eigenvalue weighted by molar-refractivity contribution is 0.00556. The molecule has 2 aromatic rings. The first kappa shape index (κ1) is 19.1. The maximum atomic E-state index is 13.1. The Bertz CT molecular complexity index is 572. The molecule has 132 valence electrons. The molecule has 24 heavy (non-hydrogen) atoms. The van der Waals surface area contributed by atoms with Crippen molar-refractivity contribution in [2.45, 2.75) is 33.0 Å². The molecule has 1 atom stereocenters. The minimum absolute atomic E-state index is 0.231. The lowest BCUT2D eigenvalue weighted by atomic mass is 10.2. The van der Waals surface area contributed by atoms with Crippen molar-refractivity contribution in [1.82, 2.24) is 4.90 Å². The number of halogens is 1. The number of nitrogens with zero attached hydrogens (tertiary/aromatic N) is 1. The largest absolute Gasteiger partial charge is 0.389 e. The van der Waals surface area contributed by atoms with E-state index in [1.54, 1.807) is 23.5 Å². The van der Waals surface area contributed by atoms with Gasteiger partial charge in [0, 0.05) is 26.2 Å². The van der Waals surface area contributed by atoms with E-state index in [0.29, 0.717) is 32.2 Å². The van der Waals surface area contributed by atoms with Gasteiger partial charge in [0.15, 0.2) is 0 Å². The van der Waals surface area contributed by atoms with Gasteiger partial charge in [0.1, 0.15) is 5.82 Å². The molecule has 2 rings (SSSR count). The van der Waals surface area contributed by atoms with Crippen LogP contribution in [0.2, 0.25) is 0 Å². The number of hydrogen-bond acceptors (Lipinski definition) is 4. The topological polar surface area (TPSA) is 32.7 Å². The van der Waals surface area contributed by atoms with Crippen LogP contribution >= 0.6 is 11.3 Å². The van der Waals surface area contributed by atoms with Crippen molar-refractivity contribution in [3.63, 3.8) is 0 Å². The molecule has 0 fully saturated rings. The molecule has 0 aliphatic heterocycles. The highest BCUT2D eigenvalue weighted by Gasteiger charge is 2.14. The van der Waals surface area contributed by atoms with Crippen molar-refractivity contribution in [2.75, 3.05) is 19.8 Å². The second-order valence-corrected chi connectivity index (χ2v) is 7.29. The third-order valence-corrected chi connectivity index (χ3v) is 4.27. The van der Waals surface area contributed by atoms with Gasteiger partial charge >= 0.3 is 0 Å². The summed E-state index contributed by atoms with van der Waals surface area (Å²) in [5.41, 5.74) is 2.25. The van der Waals surface area contributed by atoms with Gasteiger partial charge in [-0.15, -0.1) is 0 Å². The number of rotatable bonds is 10. The SMILES string of the molecule is CC(C)COC[C@H](O)CN(Cc1ccc(F)cc1)Cc1ccsc1. The number of thiophene rings is 1. The first-order chi connectivity index (χ1) is 11.5. The number of hydrogen-bond donors (Lipinski definition) is 1. The molecule has 3 nitrogen and oxygen atoms in total. The monoisotopic (exact) mass is 351 g/mol. The molecule has 0 bridgehead atoms. The van der Waals surface area contributed by atoms with Crippen LogP contribution in [0.3, 0.4) is 0 Å². The second-order valence-electron chi connectivity index (χ2n) is 6.51. The molecule has 0 saturated carbocycles. The van der Waals surface area contributed by atoms with E-state index in [9.17, 15) is 9.50 Å². The van der Waals surface area contributed by atoms with E-state index in [0.717, 1.165) is 12.1 Å². The van der Waals surface area contributed by atoms with Crippen molar-refractivity contribution in [3.05, 3.63) is 58.0 Å². The van der Waals surface area contributed by atoms with E-state index >= 15 is 0 Å². The molecule has 1 aromatic carbocycles.